The third-order valence-electron chi connectivity index (χ3n) is 1.83. The Kier molecular flexibility index (Phi) is 3.41. The zero-order chi connectivity index (χ0) is 11.4. The Bertz CT molecular complexity index is 388. The van der Waals surface area contributed by atoms with E-state index in [1.54, 1.807) is 18.2 Å². The average molecular weight is 208 g/mol. The van der Waals surface area contributed by atoms with Crippen LogP contribution in [0.25, 0.3) is 0 Å². The van der Waals surface area contributed by atoms with Crippen molar-refractivity contribution < 1.29 is 14.7 Å². The highest BCUT2D eigenvalue weighted by atomic mass is 16.3. The van der Waals surface area contributed by atoms with Gasteiger partial charge in [-0.05, 0) is 19.1 Å². The summed E-state index contributed by atoms with van der Waals surface area (Å²) in [6.45, 7) is 1.34. The Morgan fingerprint density at radius 2 is 2.00 bits per heavy atom. The maximum absolute atomic E-state index is 11.2. The van der Waals surface area contributed by atoms with Crippen molar-refractivity contribution in [3.8, 4) is 0 Å². The Labute approximate surface area is 86.9 Å². The molecule has 5 nitrogen and oxygen atoms in total. The third kappa shape index (κ3) is 2.78. The smallest absolute Gasteiger partial charge is 0.252 e. The number of aliphatic hydroxyl groups excluding tert-OH is 1. The lowest BCUT2D eigenvalue weighted by molar-refractivity contribution is -0.123. The molecule has 1 aromatic rings. The number of para-hydroxylation sites is 1. The Hall–Kier alpha value is -1.88. The summed E-state index contributed by atoms with van der Waals surface area (Å²) in [7, 11) is 0. The molecule has 0 saturated heterocycles. The normalized spacial score (nSPS) is 11.9. The fraction of sp³-hybridized carbons (Fsp3) is 0.200. The summed E-state index contributed by atoms with van der Waals surface area (Å²) in [5, 5.41) is 11.4. The molecule has 0 heterocycles. The molecular weight excluding hydrogens is 196 g/mol. The van der Waals surface area contributed by atoms with E-state index in [2.05, 4.69) is 5.32 Å². The van der Waals surface area contributed by atoms with Crippen molar-refractivity contribution >= 4 is 17.5 Å². The van der Waals surface area contributed by atoms with Gasteiger partial charge >= 0.3 is 0 Å². The Morgan fingerprint density at radius 1 is 1.40 bits per heavy atom. The first-order valence-corrected chi connectivity index (χ1v) is 4.40. The average Bonchev–Trinajstić information content (AvgIpc) is 2.18. The molecule has 0 bridgehead atoms. The van der Waals surface area contributed by atoms with Crippen LogP contribution in [0.15, 0.2) is 24.3 Å². The molecular formula is C10H12N2O3. The maximum Gasteiger partial charge on any atom is 0.252 e. The fourth-order valence-electron chi connectivity index (χ4n) is 1.04. The molecule has 0 spiro atoms. The summed E-state index contributed by atoms with van der Waals surface area (Å²) in [6.07, 6.45) is -1.13. The molecule has 1 atom stereocenters. The number of carbonyl (C=O) groups excluding carboxylic acids is 2. The molecule has 4 N–H and O–H groups in total. The van der Waals surface area contributed by atoms with Crippen molar-refractivity contribution in [1.82, 2.24) is 0 Å². The summed E-state index contributed by atoms with van der Waals surface area (Å²) in [4.78, 5) is 22.2. The highest BCUT2D eigenvalue weighted by Gasteiger charge is 2.13. The predicted octanol–water partition coefficient (Wildman–Crippen LogP) is 0.105. The number of benzene rings is 1. The maximum atomic E-state index is 11.2. The third-order valence-corrected chi connectivity index (χ3v) is 1.83. The number of hydrogen-bond donors (Lipinski definition) is 3. The largest absolute Gasteiger partial charge is 0.384 e. The minimum absolute atomic E-state index is 0.214. The lowest BCUT2D eigenvalue weighted by Gasteiger charge is -2.09. The van der Waals surface area contributed by atoms with Gasteiger partial charge < -0.3 is 16.2 Å². The SMILES string of the molecule is C[C@@H](O)C(=O)Nc1ccccc1C(N)=O. The van der Waals surface area contributed by atoms with Gasteiger partial charge in [0.25, 0.3) is 11.8 Å². The van der Waals surface area contributed by atoms with Crippen LogP contribution in [0, 0.1) is 0 Å². The summed E-state index contributed by atoms with van der Waals surface area (Å²) < 4.78 is 0. The van der Waals surface area contributed by atoms with Crippen LogP contribution in [-0.4, -0.2) is 23.0 Å². The van der Waals surface area contributed by atoms with Gasteiger partial charge in [-0.3, -0.25) is 9.59 Å². The van der Waals surface area contributed by atoms with Gasteiger partial charge in [0.05, 0.1) is 11.3 Å². The number of amides is 2. The van der Waals surface area contributed by atoms with Crippen LogP contribution in [0.1, 0.15) is 17.3 Å². The molecule has 0 fully saturated rings. The van der Waals surface area contributed by atoms with E-state index in [1.807, 2.05) is 0 Å². The van der Waals surface area contributed by atoms with Crippen molar-refractivity contribution in [3.05, 3.63) is 29.8 Å². The van der Waals surface area contributed by atoms with Crippen LogP contribution in [0.5, 0.6) is 0 Å². The molecule has 5 heteroatoms. The van der Waals surface area contributed by atoms with E-state index in [0.717, 1.165) is 0 Å². The number of primary amides is 1. The van der Waals surface area contributed by atoms with Crippen LogP contribution >= 0.6 is 0 Å². The summed E-state index contributed by atoms with van der Waals surface area (Å²) in [6, 6.07) is 6.34. The minimum Gasteiger partial charge on any atom is -0.384 e. The second-order valence-corrected chi connectivity index (χ2v) is 3.08. The molecule has 0 aliphatic heterocycles. The number of rotatable bonds is 3. The predicted molar refractivity (Wildman–Crippen MR) is 55.3 cm³/mol. The van der Waals surface area contributed by atoms with Crippen molar-refractivity contribution in [2.45, 2.75) is 13.0 Å². The van der Waals surface area contributed by atoms with Crippen LogP contribution in [0.4, 0.5) is 5.69 Å². The Morgan fingerprint density at radius 3 is 2.53 bits per heavy atom. The van der Waals surface area contributed by atoms with Gasteiger partial charge in [0, 0.05) is 0 Å². The standard InChI is InChI=1S/C10H12N2O3/c1-6(13)10(15)12-8-5-3-2-4-7(8)9(11)14/h2-6,13H,1H3,(H2,11,14)(H,12,15)/t6-/m1/s1. The van der Waals surface area contributed by atoms with E-state index in [9.17, 15) is 9.59 Å². The van der Waals surface area contributed by atoms with E-state index in [4.69, 9.17) is 10.8 Å². The van der Waals surface area contributed by atoms with Crippen molar-refractivity contribution in [2.75, 3.05) is 5.32 Å². The molecule has 0 saturated carbocycles. The lowest BCUT2D eigenvalue weighted by atomic mass is 10.1. The van der Waals surface area contributed by atoms with Gasteiger partial charge in [0.15, 0.2) is 0 Å². The number of nitrogens with two attached hydrogens (primary N) is 1. The first kappa shape index (κ1) is 11.2. The summed E-state index contributed by atoms with van der Waals surface area (Å²) in [5.41, 5.74) is 5.63. The fourth-order valence-corrected chi connectivity index (χ4v) is 1.04. The first-order chi connectivity index (χ1) is 7.02. The molecule has 0 radical (unpaired) electrons. The lowest BCUT2D eigenvalue weighted by Crippen LogP contribution is -2.26. The number of aliphatic hydroxyl groups is 1. The second kappa shape index (κ2) is 4.56. The molecule has 80 valence electrons. The van der Waals surface area contributed by atoms with E-state index in [1.165, 1.54) is 13.0 Å². The van der Waals surface area contributed by atoms with Gasteiger partial charge in [-0.15, -0.1) is 0 Å². The van der Waals surface area contributed by atoms with E-state index in [-0.39, 0.29) is 5.56 Å². The van der Waals surface area contributed by atoms with Crippen molar-refractivity contribution in [1.29, 1.82) is 0 Å². The van der Waals surface area contributed by atoms with Gasteiger partial charge in [0.2, 0.25) is 0 Å². The van der Waals surface area contributed by atoms with E-state index in [0.29, 0.717) is 5.69 Å². The molecule has 2 amide bonds. The van der Waals surface area contributed by atoms with Crippen molar-refractivity contribution in [2.24, 2.45) is 5.73 Å². The summed E-state index contributed by atoms with van der Waals surface area (Å²) >= 11 is 0. The molecule has 15 heavy (non-hydrogen) atoms. The van der Waals surface area contributed by atoms with Crippen LogP contribution in [0.3, 0.4) is 0 Å². The number of nitrogens with one attached hydrogen (secondary N) is 1. The summed E-state index contributed by atoms with van der Waals surface area (Å²) in [5.74, 6) is -1.21. The monoisotopic (exact) mass is 208 g/mol. The van der Waals surface area contributed by atoms with Gasteiger partial charge in [-0.1, -0.05) is 12.1 Å². The Balaban J connectivity index is 2.94. The first-order valence-electron chi connectivity index (χ1n) is 4.40. The molecule has 1 rings (SSSR count). The molecule has 0 aliphatic rings. The zero-order valence-corrected chi connectivity index (χ0v) is 8.23. The number of carbonyl (C=O) groups is 2. The quantitative estimate of drug-likeness (QED) is 0.658. The second-order valence-electron chi connectivity index (χ2n) is 3.08. The van der Waals surface area contributed by atoms with Gasteiger partial charge in [-0.25, -0.2) is 0 Å². The van der Waals surface area contributed by atoms with Crippen LogP contribution < -0.4 is 11.1 Å². The highest BCUT2D eigenvalue weighted by molar-refractivity contribution is 6.03. The van der Waals surface area contributed by atoms with Crippen LogP contribution in [0.2, 0.25) is 0 Å². The van der Waals surface area contributed by atoms with E-state index >= 15 is 0 Å². The number of hydrogen-bond acceptors (Lipinski definition) is 3. The molecule has 0 aliphatic carbocycles. The van der Waals surface area contributed by atoms with Gasteiger partial charge in [0.1, 0.15) is 6.10 Å². The van der Waals surface area contributed by atoms with E-state index < -0.39 is 17.9 Å². The molecule has 0 aromatic heterocycles. The van der Waals surface area contributed by atoms with Gasteiger partial charge in [-0.2, -0.15) is 0 Å². The number of anilines is 1. The molecule has 0 unspecified atom stereocenters. The zero-order valence-electron chi connectivity index (χ0n) is 8.23. The highest BCUT2D eigenvalue weighted by Crippen LogP contribution is 2.14. The topological polar surface area (TPSA) is 92.4 Å². The molecule has 1 aromatic carbocycles. The van der Waals surface area contributed by atoms with Crippen LogP contribution in [-0.2, 0) is 4.79 Å². The minimum atomic E-state index is -1.13. The van der Waals surface area contributed by atoms with Crippen molar-refractivity contribution in [3.63, 3.8) is 0 Å².